The smallest absolute Gasteiger partial charge is 0.246 e. The Balaban J connectivity index is 1.53. The number of hydrogen-bond acceptors (Lipinski definition) is 12. The minimum atomic E-state index is -1.58. The molecule has 24 nitrogen and oxygen atoms in total. The van der Waals surface area contributed by atoms with E-state index < -0.39 is 107 Å². The molecule has 2 saturated heterocycles. The predicted octanol–water partition coefficient (Wildman–Crippen LogP) is -1.73. The third-order valence-corrected chi connectivity index (χ3v) is 13.3. The number of carbonyl (C=O) groups excluding carboxylic acids is 9. The lowest BCUT2D eigenvalue weighted by Gasteiger charge is -2.30. The molecule has 2 aliphatic rings. The van der Waals surface area contributed by atoms with Crippen LogP contribution in [-0.4, -0.2) is 137 Å². The number of aromatic nitrogens is 1. The van der Waals surface area contributed by atoms with Crippen LogP contribution in [0.15, 0.2) is 70.8 Å². The molecule has 3 aromatic rings. The number of rotatable bonds is 16. The zero-order chi connectivity index (χ0) is 54.6. The highest BCUT2D eigenvalue weighted by Gasteiger charge is 2.43. The van der Waals surface area contributed by atoms with Gasteiger partial charge < -0.3 is 70.9 Å². The van der Waals surface area contributed by atoms with Crippen LogP contribution in [0, 0.1) is 11.8 Å². The Hall–Kier alpha value is -7.89. The average Bonchev–Trinajstić information content (AvgIpc) is 3.96. The number of aromatic amines is 1. The third kappa shape index (κ3) is 18.2. The van der Waals surface area contributed by atoms with Crippen molar-refractivity contribution in [3.05, 3.63) is 71.9 Å². The second-order valence-corrected chi connectivity index (χ2v) is 19.3. The minimum Gasteiger partial charge on any atom is -0.370 e. The highest BCUT2D eigenvalue weighted by Crippen LogP contribution is 2.27. The molecule has 0 radical (unpaired) electrons. The van der Waals surface area contributed by atoms with Gasteiger partial charge in [0.1, 0.15) is 30.0 Å². The quantitative estimate of drug-likeness (QED) is 0.0431. The fourth-order valence-electron chi connectivity index (χ4n) is 9.49. The van der Waals surface area contributed by atoms with Crippen molar-refractivity contribution < 1.29 is 43.2 Å². The van der Waals surface area contributed by atoms with E-state index in [1.165, 1.54) is 11.8 Å². The van der Waals surface area contributed by atoms with E-state index in [1.807, 2.05) is 24.3 Å². The molecule has 5 rings (SSSR count). The van der Waals surface area contributed by atoms with Crippen molar-refractivity contribution in [3.8, 4) is 0 Å². The van der Waals surface area contributed by atoms with Crippen LogP contribution >= 0.6 is 0 Å². The molecular weight excluding hydrogens is 967 g/mol. The SMILES string of the molecule is CC(=O)N[C@@H](CCCN=C(N)N)C(=O)N[C@H]1CC(=O)NCCCC[C@@H](C(N)=O)NC(=O)[C@H](Cc2c[nH]c3ccccc23)CC(=O)[C@H](CCCN=C(N)N)CC(=O)[C@@H](Cc2ccccc2)NC(=O)[C@@H]2C[C@@H](N)CN2C1=O. The molecule has 0 saturated carbocycles. The average molecular weight is 1040 g/mol. The molecule has 0 bridgehead atoms. The van der Waals surface area contributed by atoms with E-state index in [2.05, 4.69) is 41.6 Å². The molecule has 2 fully saturated rings. The number of para-hydroxylation sites is 1. The Morgan fingerprint density at radius 1 is 0.787 bits per heavy atom. The molecule has 0 aliphatic carbocycles. The number of hydrogen-bond donors (Lipinski definition) is 12. The number of carbonyl (C=O) groups is 9. The summed E-state index contributed by atoms with van der Waals surface area (Å²) >= 11 is 0. The number of benzene rings is 2. The van der Waals surface area contributed by atoms with Crippen LogP contribution in [-0.2, 0) is 56.0 Å². The zero-order valence-electron chi connectivity index (χ0n) is 42.4. The van der Waals surface area contributed by atoms with Crippen molar-refractivity contribution in [1.82, 2.24) is 36.5 Å². The first-order chi connectivity index (χ1) is 35.8. The Kier molecular flexibility index (Phi) is 22.1. The lowest BCUT2D eigenvalue weighted by molar-refractivity contribution is -0.143. The van der Waals surface area contributed by atoms with Crippen molar-refractivity contribution in [2.24, 2.45) is 56.2 Å². The van der Waals surface area contributed by atoms with Crippen LogP contribution < -0.4 is 61.0 Å². The lowest BCUT2D eigenvalue weighted by atomic mass is 9.83. The Bertz CT molecular complexity index is 2560. The van der Waals surface area contributed by atoms with Crippen LogP contribution in [0.25, 0.3) is 10.9 Å². The second-order valence-electron chi connectivity index (χ2n) is 19.3. The van der Waals surface area contributed by atoms with Gasteiger partial charge in [0.25, 0.3) is 0 Å². The van der Waals surface area contributed by atoms with Crippen LogP contribution in [0.2, 0.25) is 0 Å². The third-order valence-electron chi connectivity index (χ3n) is 13.3. The normalized spacial score (nSPS) is 23.2. The molecule has 3 heterocycles. The van der Waals surface area contributed by atoms with E-state index in [0.29, 0.717) is 5.56 Å². The van der Waals surface area contributed by atoms with Gasteiger partial charge in [-0.2, -0.15) is 0 Å². The van der Waals surface area contributed by atoms with E-state index in [9.17, 15) is 43.2 Å². The van der Waals surface area contributed by atoms with Gasteiger partial charge in [0.2, 0.25) is 41.4 Å². The van der Waals surface area contributed by atoms with Crippen LogP contribution in [0.4, 0.5) is 0 Å². The number of fused-ring (bicyclic) bond motifs is 2. The molecule has 1 aromatic heterocycles. The van der Waals surface area contributed by atoms with Gasteiger partial charge in [-0.15, -0.1) is 0 Å². The number of primary amides is 1. The summed E-state index contributed by atoms with van der Waals surface area (Å²) in [6.45, 7) is 1.36. The number of nitrogens with one attached hydrogen (secondary N) is 6. The second kappa shape index (κ2) is 28.5. The molecule has 8 atom stereocenters. The molecule has 0 spiro atoms. The molecular formula is C51H73N15O9. The number of nitrogens with two attached hydrogens (primary N) is 6. The van der Waals surface area contributed by atoms with Crippen molar-refractivity contribution in [3.63, 3.8) is 0 Å². The molecule has 0 unspecified atom stereocenters. The number of nitrogens with zero attached hydrogens (tertiary/aromatic N) is 3. The van der Waals surface area contributed by atoms with Crippen molar-refractivity contribution in [2.75, 3.05) is 26.2 Å². The maximum Gasteiger partial charge on any atom is 0.246 e. The molecule has 24 heteroatoms. The van der Waals surface area contributed by atoms with Gasteiger partial charge in [0.15, 0.2) is 17.7 Å². The molecule has 18 N–H and O–H groups in total. The Morgan fingerprint density at radius 3 is 2.16 bits per heavy atom. The number of ketones is 2. The van der Waals surface area contributed by atoms with E-state index in [-0.39, 0.29) is 115 Å². The van der Waals surface area contributed by atoms with Gasteiger partial charge in [-0.1, -0.05) is 48.5 Å². The molecule has 2 aromatic carbocycles. The van der Waals surface area contributed by atoms with E-state index in [1.54, 1.807) is 36.5 Å². The Morgan fingerprint density at radius 2 is 1.47 bits per heavy atom. The first-order valence-corrected chi connectivity index (χ1v) is 25.3. The van der Waals surface area contributed by atoms with Gasteiger partial charge in [0.05, 0.1) is 12.5 Å². The fourth-order valence-corrected chi connectivity index (χ4v) is 9.49. The first kappa shape index (κ1) is 58.0. The van der Waals surface area contributed by atoms with E-state index >= 15 is 0 Å². The van der Waals surface area contributed by atoms with Gasteiger partial charge in [-0.3, -0.25) is 53.1 Å². The summed E-state index contributed by atoms with van der Waals surface area (Å²) in [4.78, 5) is 138. The maximum atomic E-state index is 14.8. The number of H-pyrrole nitrogens is 1. The topological polar surface area (TPSA) is 414 Å². The summed E-state index contributed by atoms with van der Waals surface area (Å²) in [5.41, 5.74) is 36.6. The molecule has 7 amide bonds. The van der Waals surface area contributed by atoms with Crippen LogP contribution in [0.5, 0.6) is 0 Å². The summed E-state index contributed by atoms with van der Waals surface area (Å²) in [6.07, 6.45) is 1.79. The van der Waals surface area contributed by atoms with E-state index in [0.717, 1.165) is 16.5 Å². The maximum absolute atomic E-state index is 14.8. The molecule has 2 aliphatic heterocycles. The molecule has 406 valence electrons. The number of Topliss-reactive ketones (excluding diaryl/α,β-unsaturated/α-hetero) is 2. The summed E-state index contributed by atoms with van der Waals surface area (Å²) in [5, 5.41) is 14.4. The Labute approximate surface area is 435 Å². The minimum absolute atomic E-state index is 0.0142. The zero-order valence-corrected chi connectivity index (χ0v) is 42.4. The van der Waals surface area contributed by atoms with Crippen LogP contribution in [0.1, 0.15) is 88.7 Å². The first-order valence-electron chi connectivity index (χ1n) is 25.3. The van der Waals surface area contributed by atoms with E-state index in [4.69, 9.17) is 34.4 Å². The van der Waals surface area contributed by atoms with Crippen LogP contribution in [0.3, 0.4) is 0 Å². The lowest BCUT2D eigenvalue weighted by Crippen LogP contribution is -2.58. The van der Waals surface area contributed by atoms with Gasteiger partial charge in [0, 0.05) is 80.9 Å². The highest BCUT2D eigenvalue weighted by molar-refractivity contribution is 5.99. The standard InChI is InChI=1S/C51H73N15O9/c1-29(67)62-38(17-10-20-60-51(56)57)47(73)65-40-26-44(70)58-18-8-7-16-37(45(53)71)63-46(72)32(22-33-27-61-36-15-6-5-14-35(33)36)24-42(68)31(13-9-19-59-50(54)55)23-43(69)39(21-30-11-3-2-4-12-30)64-48(74)41-25-34(52)28-66(41)49(40)75/h2-6,11-12,14-15,27,31-32,34,37-41,61H,7-10,13,16-26,28,52H2,1H3,(H2,53,71)(H,58,70)(H,62,67)(H,63,72)(H,64,74)(H,65,73)(H4,54,55,59)(H4,56,57,60)/t31-,32-,34-,37+,38+,39-,40+,41+/m1/s1. The van der Waals surface area contributed by atoms with Gasteiger partial charge in [-0.05, 0) is 81.4 Å². The van der Waals surface area contributed by atoms with Gasteiger partial charge >= 0.3 is 0 Å². The summed E-state index contributed by atoms with van der Waals surface area (Å²) in [7, 11) is 0. The van der Waals surface area contributed by atoms with Crippen molar-refractivity contribution in [1.29, 1.82) is 0 Å². The number of aliphatic imine (C=N–C) groups is 2. The highest BCUT2D eigenvalue weighted by atomic mass is 16.2. The van der Waals surface area contributed by atoms with Crippen molar-refractivity contribution in [2.45, 2.75) is 127 Å². The molecule has 75 heavy (non-hydrogen) atoms. The summed E-state index contributed by atoms with van der Waals surface area (Å²) < 4.78 is 0. The summed E-state index contributed by atoms with van der Waals surface area (Å²) in [6, 6.07) is 9.13. The largest absolute Gasteiger partial charge is 0.370 e. The van der Waals surface area contributed by atoms with Gasteiger partial charge in [-0.25, -0.2) is 0 Å². The number of guanidine groups is 2. The summed E-state index contributed by atoms with van der Waals surface area (Å²) in [5.74, 6) is -8.34. The number of amides is 7. The fraction of sp³-hybridized carbons (Fsp3) is 0.510. The van der Waals surface area contributed by atoms with Crippen molar-refractivity contribution >= 4 is 75.7 Å². The predicted molar refractivity (Wildman–Crippen MR) is 280 cm³/mol. The monoisotopic (exact) mass is 1040 g/mol.